The highest BCUT2D eigenvalue weighted by molar-refractivity contribution is 6.29. The maximum atomic E-state index is 5.16. The van der Waals surface area contributed by atoms with Crippen LogP contribution in [0.25, 0.3) is 126 Å². The van der Waals surface area contributed by atoms with Crippen LogP contribution in [0.1, 0.15) is 0 Å². The number of rotatable bonds is 5. The van der Waals surface area contributed by atoms with Crippen molar-refractivity contribution in [1.29, 1.82) is 0 Å². The maximum Gasteiger partial charge on any atom is 0.160 e. The molecule has 63 heavy (non-hydrogen) atoms. The zero-order valence-corrected chi connectivity index (χ0v) is 34.2. The van der Waals surface area contributed by atoms with Crippen LogP contribution >= 0.6 is 0 Å². The first-order valence-corrected chi connectivity index (χ1v) is 21.6. The molecule has 3 nitrogen and oxygen atoms in total. The molecule has 0 aliphatic carbocycles. The molecular weight excluding hydrogens is 763 g/mol. The molecule has 3 heteroatoms. The lowest BCUT2D eigenvalue weighted by molar-refractivity contribution is 1.17. The van der Waals surface area contributed by atoms with E-state index in [1.54, 1.807) is 0 Å². The van der Waals surface area contributed by atoms with Gasteiger partial charge in [-0.15, -0.1) is 0 Å². The zero-order valence-electron chi connectivity index (χ0n) is 34.2. The van der Waals surface area contributed by atoms with Gasteiger partial charge in [0, 0.05) is 38.7 Å². The Balaban J connectivity index is 1.09. The number of nitrogens with zero attached hydrogens (tertiary/aromatic N) is 3. The second-order valence-corrected chi connectivity index (χ2v) is 16.5. The number of benzene rings is 11. The number of fused-ring (bicyclic) bond motifs is 12. The molecule has 0 spiro atoms. The smallest absolute Gasteiger partial charge is 0.160 e. The molecule has 0 N–H and O–H groups in total. The Morgan fingerprint density at radius 1 is 0.302 bits per heavy atom. The highest BCUT2D eigenvalue weighted by Crippen LogP contribution is 2.46. The van der Waals surface area contributed by atoms with Crippen molar-refractivity contribution in [3.05, 3.63) is 224 Å². The van der Waals surface area contributed by atoms with Gasteiger partial charge in [-0.25, -0.2) is 9.97 Å². The summed E-state index contributed by atoms with van der Waals surface area (Å²) in [5, 5.41) is 15.0. The second-order valence-electron chi connectivity index (χ2n) is 16.5. The summed E-state index contributed by atoms with van der Waals surface area (Å²) in [6, 6.07) is 81.2. The van der Waals surface area contributed by atoms with Gasteiger partial charge in [0.15, 0.2) is 5.82 Å². The van der Waals surface area contributed by atoms with Gasteiger partial charge in [-0.1, -0.05) is 188 Å². The van der Waals surface area contributed by atoms with E-state index < -0.39 is 0 Å². The van der Waals surface area contributed by atoms with Crippen LogP contribution in [-0.2, 0) is 0 Å². The van der Waals surface area contributed by atoms with Crippen LogP contribution in [0.5, 0.6) is 0 Å². The predicted octanol–water partition coefficient (Wildman–Crippen LogP) is 16.0. The molecule has 0 bridgehead atoms. The van der Waals surface area contributed by atoms with E-state index in [1.165, 1.54) is 86.8 Å². The van der Waals surface area contributed by atoms with Crippen LogP contribution in [0.2, 0.25) is 0 Å². The fourth-order valence-corrected chi connectivity index (χ4v) is 10.1. The van der Waals surface area contributed by atoms with Crippen molar-refractivity contribution < 1.29 is 0 Å². The fraction of sp³-hybridized carbons (Fsp3) is 0. The summed E-state index contributed by atoms with van der Waals surface area (Å²) < 4.78 is 2.50. The molecule has 0 unspecified atom stereocenters. The van der Waals surface area contributed by atoms with Crippen molar-refractivity contribution >= 4 is 75.7 Å². The summed E-state index contributed by atoms with van der Waals surface area (Å²) in [7, 11) is 0. The van der Waals surface area contributed by atoms with E-state index in [0.29, 0.717) is 5.82 Å². The van der Waals surface area contributed by atoms with Crippen molar-refractivity contribution in [2.24, 2.45) is 0 Å². The largest absolute Gasteiger partial charge is 0.309 e. The molecule has 11 aromatic carbocycles. The minimum absolute atomic E-state index is 0.706. The van der Waals surface area contributed by atoms with E-state index in [-0.39, 0.29) is 0 Å². The Labute approximate surface area is 363 Å². The van der Waals surface area contributed by atoms with E-state index in [9.17, 15) is 0 Å². The molecule has 0 saturated heterocycles. The quantitative estimate of drug-likeness (QED) is 0.162. The molecule has 0 amide bonds. The Bertz CT molecular complexity index is 3850. The van der Waals surface area contributed by atoms with Crippen LogP contribution in [0.4, 0.5) is 0 Å². The van der Waals surface area contributed by atoms with Crippen molar-refractivity contribution in [3.8, 4) is 50.7 Å². The van der Waals surface area contributed by atoms with Gasteiger partial charge in [-0.05, 0) is 95.8 Å². The van der Waals surface area contributed by atoms with E-state index in [2.05, 4.69) is 205 Å². The molecular formula is C60H37N3. The van der Waals surface area contributed by atoms with Crippen LogP contribution in [-0.4, -0.2) is 14.5 Å². The van der Waals surface area contributed by atoms with Crippen molar-refractivity contribution in [2.45, 2.75) is 0 Å². The number of hydrogen-bond acceptors (Lipinski definition) is 2. The Morgan fingerprint density at radius 3 is 1.48 bits per heavy atom. The van der Waals surface area contributed by atoms with Crippen LogP contribution in [0.15, 0.2) is 224 Å². The van der Waals surface area contributed by atoms with Gasteiger partial charge in [0.2, 0.25) is 0 Å². The van der Waals surface area contributed by atoms with Crippen molar-refractivity contribution in [3.63, 3.8) is 0 Å². The third-order valence-electron chi connectivity index (χ3n) is 12.9. The first kappa shape index (κ1) is 35.4. The average Bonchev–Trinajstić information content (AvgIpc) is 3.70. The third-order valence-corrected chi connectivity index (χ3v) is 12.9. The number of aromatic nitrogens is 3. The Hall–Kier alpha value is -8.40. The lowest BCUT2D eigenvalue weighted by Gasteiger charge is -2.17. The van der Waals surface area contributed by atoms with Gasteiger partial charge in [-0.3, -0.25) is 0 Å². The van der Waals surface area contributed by atoms with E-state index in [4.69, 9.17) is 9.97 Å². The molecule has 0 fully saturated rings. The Morgan fingerprint density at radius 2 is 0.810 bits per heavy atom. The van der Waals surface area contributed by atoms with Gasteiger partial charge in [0.25, 0.3) is 0 Å². The van der Waals surface area contributed by atoms with E-state index in [0.717, 1.165) is 33.8 Å². The van der Waals surface area contributed by atoms with Crippen molar-refractivity contribution in [2.75, 3.05) is 0 Å². The molecule has 0 saturated carbocycles. The summed E-state index contributed by atoms with van der Waals surface area (Å²) in [5.74, 6) is 0.706. The zero-order chi connectivity index (χ0) is 41.4. The average molecular weight is 800 g/mol. The van der Waals surface area contributed by atoms with E-state index in [1.807, 2.05) is 24.3 Å². The van der Waals surface area contributed by atoms with Crippen LogP contribution < -0.4 is 0 Å². The van der Waals surface area contributed by atoms with E-state index >= 15 is 0 Å². The normalized spacial score (nSPS) is 11.8. The minimum atomic E-state index is 0.706. The molecule has 292 valence electrons. The van der Waals surface area contributed by atoms with Gasteiger partial charge >= 0.3 is 0 Å². The van der Waals surface area contributed by atoms with Gasteiger partial charge in [0.05, 0.1) is 22.4 Å². The molecule has 0 aliphatic rings. The highest BCUT2D eigenvalue weighted by Gasteiger charge is 2.22. The van der Waals surface area contributed by atoms with Crippen molar-refractivity contribution in [1.82, 2.24) is 14.5 Å². The third kappa shape index (κ3) is 5.60. The van der Waals surface area contributed by atoms with Crippen LogP contribution in [0.3, 0.4) is 0 Å². The summed E-state index contributed by atoms with van der Waals surface area (Å²) in [5.41, 5.74) is 10.7. The fourth-order valence-electron chi connectivity index (χ4n) is 10.1. The summed E-state index contributed by atoms with van der Waals surface area (Å²) in [6.07, 6.45) is 0. The summed E-state index contributed by atoms with van der Waals surface area (Å²) in [4.78, 5) is 10.2. The minimum Gasteiger partial charge on any atom is -0.309 e. The monoisotopic (exact) mass is 799 g/mol. The topological polar surface area (TPSA) is 30.7 Å². The maximum absolute atomic E-state index is 5.16. The summed E-state index contributed by atoms with van der Waals surface area (Å²) >= 11 is 0. The Kier molecular flexibility index (Phi) is 7.91. The van der Waals surface area contributed by atoms with Crippen LogP contribution in [0, 0.1) is 0 Å². The lowest BCUT2D eigenvalue weighted by Crippen LogP contribution is -1.98. The molecule has 0 atom stereocenters. The molecule has 13 rings (SSSR count). The molecule has 2 aromatic heterocycles. The van der Waals surface area contributed by atoms with Gasteiger partial charge in [0.1, 0.15) is 0 Å². The molecule has 0 radical (unpaired) electrons. The highest BCUT2D eigenvalue weighted by atomic mass is 15.0. The first-order chi connectivity index (χ1) is 31.2. The standard InChI is InChI=1S/C60H37N3/c1-3-16-39(17-4-1)54-37-55(62-60(61-54)41-18-5-2-6-19-41)40-27-31-44(32-28-40)63-56-34-30-38-15-7-9-21-45(38)58(56)53-35-42-20-8-10-22-46(42)57(59(53)63)43-29-33-51-49-25-12-11-23-47(49)48-24-13-14-26-50(48)52(51)36-43/h1-37H. The molecule has 0 aliphatic heterocycles. The SMILES string of the molecule is c1ccc(-c2cc(-c3ccc(-n4c5ccc6ccccc6c5c5cc6ccccc6c(-c6ccc7c8ccccc8c8ccccc8c7c6)c54)cc3)nc(-c3ccccc3)n2)cc1. The summed E-state index contributed by atoms with van der Waals surface area (Å²) in [6.45, 7) is 0. The first-order valence-electron chi connectivity index (χ1n) is 21.6. The van der Waals surface area contributed by atoms with Gasteiger partial charge < -0.3 is 4.57 Å². The predicted molar refractivity (Wildman–Crippen MR) is 266 cm³/mol. The second kappa shape index (κ2) is 14.1. The number of hydrogen-bond donors (Lipinski definition) is 0. The van der Waals surface area contributed by atoms with Gasteiger partial charge in [-0.2, -0.15) is 0 Å². The lowest BCUT2D eigenvalue weighted by atomic mass is 9.89. The molecule has 2 heterocycles. The molecule has 13 aromatic rings.